The quantitative estimate of drug-likeness (QED) is 0.678. The van der Waals surface area contributed by atoms with Gasteiger partial charge in [-0.05, 0) is 19.1 Å². The molecular formula is C13H11Cl2F2NO3. The van der Waals surface area contributed by atoms with Crippen molar-refractivity contribution in [1.82, 2.24) is 0 Å². The molecule has 1 aromatic carbocycles. The lowest BCUT2D eigenvalue weighted by Gasteiger charge is -2.12. The maximum Gasteiger partial charge on any atom is 0.315 e. The van der Waals surface area contributed by atoms with Crippen LogP contribution in [0.5, 0.6) is 0 Å². The second-order valence-corrected chi connectivity index (χ2v) is 6.42. The summed E-state index contributed by atoms with van der Waals surface area (Å²) in [5.74, 6) is -3.46. The molecule has 1 aromatic rings. The fraction of sp³-hybridized carbons (Fsp3) is 0.385. The number of carbonyl (C=O) groups excluding carboxylic acids is 2. The van der Waals surface area contributed by atoms with Crippen molar-refractivity contribution >= 4 is 40.8 Å². The lowest BCUT2D eigenvalue weighted by Crippen LogP contribution is -2.27. The highest BCUT2D eigenvalue weighted by molar-refractivity contribution is 6.53. The number of halogens is 4. The Bertz CT molecular complexity index is 589. The van der Waals surface area contributed by atoms with Gasteiger partial charge in [0, 0.05) is 6.42 Å². The summed E-state index contributed by atoms with van der Waals surface area (Å²) < 4.78 is 30.2. The Hall–Kier alpha value is -1.40. The number of amides is 1. The number of carbonyl (C=O) groups is 2. The molecule has 114 valence electrons. The first-order valence-electron chi connectivity index (χ1n) is 5.96. The van der Waals surface area contributed by atoms with Gasteiger partial charge in [-0.1, -0.05) is 6.07 Å². The van der Waals surface area contributed by atoms with E-state index in [1.165, 1.54) is 6.92 Å². The minimum absolute atomic E-state index is 0.214. The number of hydrogen-bond donors (Lipinski definition) is 1. The average Bonchev–Trinajstić information content (AvgIpc) is 2.91. The Morgan fingerprint density at radius 3 is 2.33 bits per heavy atom. The smallest absolute Gasteiger partial charge is 0.315 e. The van der Waals surface area contributed by atoms with Crippen LogP contribution in [0.25, 0.3) is 0 Å². The largest absolute Gasteiger partial charge is 0.455 e. The number of ether oxygens (including phenoxy) is 1. The molecule has 4 nitrogen and oxygen atoms in total. The molecule has 21 heavy (non-hydrogen) atoms. The van der Waals surface area contributed by atoms with Gasteiger partial charge in [0.15, 0.2) is 6.61 Å². The topological polar surface area (TPSA) is 55.4 Å². The number of anilines is 1. The van der Waals surface area contributed by atoms with E-state index in [1.807, 2.05) is 5.32 Å². The molecule has 1 fully saturated rings. The first-order valence-corrected chi connectivity index (χ1v) is 6.72. The standard InChI is InChI=1S/C13H11Cl2F2NO3/c1-12(6-13(12,14)15)11(20)21-5-9(19)18-10-7(16)3-2-4-8(10)17/h2-4H,5-6H2,1H3,(H,18,19)/t12-/m0/s1. The van der Waals surface area contributed by atoms with E-state index in [9.17, 15) is 18.4 Å². The van der Waals surface area contributed by atoms with E-state index in [2.05, 4.69) is 0 Å². The summed E-state index contributed by atoms with van der Waals surface area (Å²) in [5, 5.41) is 1.99. The molecule has 0 aliphatic heterocycles. The summed E-state index contributed by atoms with van der Waals surface area (Å²) in [7, 11) is 0. The van der Waals surface area contributed by atoms with Gasteiger partial charge < -0.3 is 10.1 Å². The van der Waals surface area contributed by atoms with Crippen LogP contribution in [0.4, 0.5) is 14.5 Å². The van der Waals surface area contributed by atoms with Crippen molar-refractivity contribution in [3.63, 3.8) is 0 Å². The molecule has 0 spiro atoms. The second kappa shape index (κ2) is 5.42. The number of esters is 1. The van der Waals surface area contributed by atoms with Crippen molar-refractivity contribution in [3.05, 3.63) is 29.8 Å². The van der Waals surface area contributed by atoms with Crippen molar-refractivity contribution in [2.45, 2.75) is 17.7 Å². The summed E-state index contributed by atoms with van der Waals surface area (Å²) in [6.07, 6.45) is 0.214. The zero-order chi connectivity index (χ0) is 15.8. The Morgan fingerprint density at radius 2 is 1.86 bits per heavy atom. The molecular weight excluding hydrogens is 327 g/mol. The number of rotatable bonds is 4. The fourth-order valence-electron chi connectivity index (χ4n) is 1.70. The maximum absolute atomic E-state index is 13.3. The summed E-state index contributed by atoms with van der Waals surface area (Å²) in [6.45, 7) is 0.815. The van der Waals surface area contributed by atoms with E-state index < -0.39 is 45.6 Å². The summed E-state index contributed by atoms with van der Waals surface area (Å²) in [6, 6.07) is 3.14. The molecule has 1 amide bonds. The molecule has 0 heterocycles. The molecule has 2 rings (SSSR count). The molecule has 1 aliphatic carbocycles. The van der Waals surface area contributed by atoms with Crippen LogP contribution in [0.3, 0.4) is 0 Å². The zero-order valence-corrected chi connectivity index (χ0v) is 12.4. The van der Waals surface area contributed by atoms with Crippen LogP contribution in [-0.4, -0.2) is 22.8 Å². The summed E-state index contributed by atoms with van der Waals surface area (Å²) in [4.78, 5) is 23.3. The normalized spacial score (nSPS) is 22.5. The van der Waals surface area contributed by atoms with E-state index in [0.29, 0.717) is 0 Å². The molecule has 1 saturated carbocycles. The summed E-state index contributed by atoms with van der Waals surface area (Å²) >= 11 is 11.6. The highest BCUT2D eigenvalue weighted by atomic mass is 35.5. The van der Waals surface area contributed by atoms with Crippen molar-refractivity contribution in [1.29, 1.82) is 0 Å². The highest BCUT2D eigenvalue weighted by Gasteiger charge is 2.69. The van der Waals surface area contributed by atoms with Gasteiger partial charge in [0.2, 0.25) is 0 Å². The van der Waals surface area contributed by atoms with Gasteiger partial charge in [0.25, 0.3) is 5.91 Å². The van der Waals surface area contributed by atoms with E-state index >= 15 is 0 Å². The molecule has 1 atom stereocenters. The number of para-hydroxylation sites is 1. The molecule has 0 saturated heterocycles. The van der Waals surface area contributed by atoms with Gasteiger partial charge in [-0.2, -0.15) is 0 Å². The Labute approximate surface area is 129 Å². The lowest BCUT2D eigenvalue weighted by atomic mass is 10.1. The van der Waals surface area contributed by atoms with Crippen LogP contribution in [0.2, 0.25) is 0 Å². The molecule has 8 heteroatoms. The monoisotopic (exact) mass is 337 g/mol. The van der Waals surface area contributed by atoms with E-state index in [0.717, 1.165) is 18.2 Å². The van der Waals surface area contributed by atoms with Crippen LogP contribution in [0.1, 0.15) is 13.3 Å². The number of hydrogen-bond acceptors (Lipinski definition) is 3. The zero-order valence-electron chi connectivity index (χ0n) is 10.9. The number of nitrogens with one attached hydrogen (secondary N) is 1. The van der Waals surface area contributed by atoms with Crippen LogP contribution in [-0.2, 0) is 14.3 Å². The maximum atomic E-state index is 13.3. The molecule has 0 bridgehead atoms. The minimum Gasteiger partial charge on any atom is -0.455 e. The molecule has 1 aliphatic rings. The van der Waals surface area contributed by atoms with Crippen LogP contribution in [0, 0.1) is 17.0 Å². The second-order valence-electron chi connectivity index (χ2n) is 4.93. The third kappa shape index (κ3) is 3.11. The van der Waals surface area contributed by atoms with Crippen molar-refractivity contribution < 1.29 is 23.1 Å². The predicted molar refractivity (Wildman–Crippen MR) is 73.1 cm³/mol. The van der Waals surface area contributed by atoms with Crippen molar-refractivity contribution in [2.75, 3.05) is 11.9 Å². The van der Waals surface area contributed by atoms with Crippen LogP contribution in [0.15, 0.2) is 18.2 Å². The van der Waals surface area contributed by atoms with E-state index in [-0.39, 0.29) is 6.42 Å². The molecule has 0 unspecified atom stereocenters. The molecule has 0 aromatic heterocycles. The predicted octanol–water partition coefficient (Wildman–Crippen LogP) is 3.03. The fourth-order valence-corrected chi connectivity index (χ4v) is 2.39. The van der Waals surface area contributed by atoms with E-state index in [4.69, 9.17) is 27.9 Å². The third-order valence-electron chi connectivity index (χ3n) is 3.27. The highest BCUT2D eigenvalue weighted by Crippen LogP contribution is 2.64. The van der Waals surface area contributed by atoms with Gasteiger partial charge in [-0.3, -0.25) is 9.59 Å². The van der Waals surface area contributed by atoms with Crippen molar-refractivity contribution in [3.8, 4) is 0 Å². The summed E-state index contributed by atoms with van der Waals surface area (Å²) in [5.41, 5.74) is -1.67. The van der Waals surface area contributed by atoms with Gasteiger partial charge >= 0.3 is 5.97 Å². The Morgan fingerprint density at radius 1 is 1.33 bits per heavy atom. The van der Waals surface area contributed by atoms with Crippen LogP contribution < -0.4 is 5.32 Å². The van der Waals surface area contributed by atoms with Gasteiger partial charge in [-0.25, -0.2) is 8.78 Å². The lowest BCUT2D eigenvalue weighted by molar-refractivity contribution is -0.152. The SMILES string of the molecule is C[C@@]1(C(=O)OCC(=O)Nc2c(F)cccc2F)CC1(Cl)Cl. The van der Waals surface area contributed by atoms with Crippen molar-refractivity contribution in [2.24, 2.45) is 5.41 Å². The third-order valence-corrected chi connectivity index (χ3v) is 4.37. The average molecular weight is 338 g/mol. The Balaban J connectivity index is 1.90. The minimum atomic E-state index is -1.21. The Kier molecular flexibility index (Phi) is 4.13. The van der Waals surface area contributed by atoms with Crippen LogP contribution >= 0.6 is 23.2 Å². The van der Waals surface area contributed by atoms with E-state index in [1.54, 1.807) is 0 Å². The first kappa shape index (κ1) is 16.0. The molecule has 0 radical (unpaired) electrons. The molecule has 1 N–H and O–H groups in total. The number of alkyl halides is 2. The van der Waals surface area contributed by atoms with Gasteiger partial charge in [-0.15, -0.1) is 23.2 Å². The first-order chi connectivity index (χ1) is 9.67. The van der Waals surface area contributed by atoms with Gasteiger partial charge in [0.05, 0.1) is 0 Å². The van der Waals surface area contributed by atoms with Gasteiger partial charge in [0.1, 0.15) is 27.1 Å². The number of benzene rings is 1.